The summed E-state index contributed by atoms with van der Waals surface area (Å²) in [7, 11) is 0. The molecule has 0 radical (unpaired) electrons. The van der Waals surface area contributed by atoms with Crippen LogP contribution in [0.3, 0.4) is 0 Å². The highest BCUT2D eigenvalue weighted by atomic mass is 79.9. The second-order valence-corrected chi connectivity index (χ2v) is 7.48. The number of hydrogen-bond acceptors (Lipinski definition) is 3. The first-order valence-corrected chi connectivity index (χ1v) is 9.57. The van der Waals surface area contributed by atoms with Gasteiger partial charge in [-0.2, -0.15) is 0 Å². The minimum atomic E-state index is -0.175. The van der Waals surface area contributed by atoms with Gasteiger partial charge in [0.1, 0.15) is 5.75 Å². The first-order chi connectivity index (χ1) is 12.5. The number of hydrogen-bond donors (Lipinski definition) is 1. The fraction of sp³-hybridized carbons (Fsp3) is 0.158. The molecule has 1 heterocycles. The molecule has 3 aromatic rings. The summed E-state index contributed by atoms with van der Waals surface area (Å²) in [6.45, 7) is 1.90. The number of nitrogens with one attached hydrogen (secondary N) is 1. The van der Waals surface area contributed by atoms with Crippen LogP contribution in [0.15, 0.2) is 70.1 Å². The second-order valence-electron chi connectivity index (χ2n) is 5.71. The Labute approximate surface area is 168 Å². The maximum absolute atomic E-state index is 12.2. The Kier molecular flexibility index (Phi) is 6.11. The van der Waals surface area contributed by atoms with Crippen LogP contribution in [0.4, 0.5) is 0 Å². The van der Waals surface area contributed by atoms with Crippen LogP contribution in [-0.2, 0) is 4.79 Å². The van der Waals surface area contributed by atoms with E-state index < -0.39 is 0 Å². The lowest BCUT2D eigenvalue weighted by molar-refractivity contribution is -0.123. The van der Waals surface area contributed by atoms with E-state index in [0.29, 0.717) is 5.75 Å². The SMILES string of the molecule is C[C@@H](NC(=O)COc1ccc(Br)cc1Br)c1ccc(-n2ccnc2)cc1. The Balaban J connectivity index is 1.55. The number of halogens is 2. The minimum Gasteiger partial charge on any atom is -0.483 e. The summed E-state index contributed by atoms with van der Waals surface area (Å²) in [5.41, 5.74) is 2.04. The van der Waals surface area contributed by atoms with Gasteiger partial charge in [0, 0.05) is 22.6 Å². The highest BCUT2D eigenvalue weighted by Gasteiger charge is 2.11. The zero-order valence-electron chi connectivity index (χ0n) is 14.0. The molecule has 1 aromatic heterocycles. The molecule has 5 nitrogen and oxygen atoms in total. The zero-order chi connectivity index (χ0) is 18.5. The van der Waals surface area contributed by atoms with Crippen molar-refractivity contribution in [2.75, 3.05) is 6.61 Å². The molecule has 0 aliphatic carbocycles. The lowest BCUT2D eigenvalue weighted by Gasteiger charge is -2.16. The van der Waals surface area contributed by atoms with Crippen LogP contribution in [0.1, 0.15) is 18.5 Å². The average Bonchev–Trinajstić information content (AvgIpc) is 3.16. The van der Waals surface area contributed by atoms with E-state index in [2.05, 4.69) is 42.2 Å². The average molecular weight is 479 g/mol. The first-order valence-electron chi connectivity index (χ1n) is 7.98. The molecule has 0 saturated heterocycles. The summed E-state index contributed by atoms with van der Waals surface area (Å²) in [5.74, 6) is 0.451. The van der Waals surface area contributed by atoms with Gasteiger partial charge in [0.2, 0.25) is 0 Å². The van der Waals surface area contributed by atoms with Crippen molar-refractivity contribution in [3.05, 3.63) is 75.7 Å². The number of rotatable bonds is 6. The van der Waals surface area contributed by atoms with Gasteiger partial charge in [0.15, 0.2) is 6.61 Å². The zero-order valence-corrected chi connectivity index (χ0v) is 17.2. The summed E-state index contributed by atoms with van der Waals surface area (Å²) >= 11 is 6.80. The normalized spacial score (nSPS) is 11.8. The summed E-state index contributed by atoms with van der Waals surface area (Å²) in [4.78, 5) is 16.2. The number of amides is 1. The summed E-state index contributed by atoms with van der Waals surface area (Å²) in [5, 5.41) is 2.94. The third-order valence-electron chi connectivity index (χ3n) is 3.83. The maximum atomic E-state index is 12.2. The highest BCUT2D eigenvalue weighted by molar-refractivity contribution is 9.11. The summed E-state index contributed by atoms with van der Waals surface area (Å²) in [6.07, 6.45) is 5.37. The largest absolute Gasteiger partial charge is 0.483 e. The second kappa shape index (κ2) is 8.51. The Bertz CT molecular complexity index is 880. The first kappa shape index (κ1) is 18.7. The van der Waals surface area contributed by atoms with Crippen molar-refractivity contribution < 1.29 is 9.53 Å². The van der Waals surface area contributed by atoms with Crippen molar-refractivity contribution in [3.63, 3.8) is 0 Å². The molecular weight excluding hydrogens is 462 g/mol. The number of ether oxygens (including phenoxy) is 1. The molecule has 0 aliphatic rings. The van der Waals surface area contributed by atoms with Gasteiger partial charge in [-0.25, -0.2) is 4.98 Å². The van der Waals surface area contributed by atoms with Crippen molar-refractivity contribution >= 4 is 37.8 Å². The van der Waals surface area contributed by atoms with E-state index in [9.17, 15) is 4.79 Å². The molecule has 1 amide bonds. The van der Waals surface area contributed by atoms with Crippen LogP contribution in [0.2, 0.25) is 0 Å². The fourth-order valence-corrected chi connectivity index (χ4v) is 3.61. The number of carbonyl (C=O) groups is 1. The molecular formula is C19H17Br2N3O2. The lowest BCUT2D eigenvalue weighted by atomic mass is 10.1. The Morgan fingerprint density at radius 2 is 2.00 bits per heavy atom. The van der Waals surface area contributed by atoms with Gasteiger partial charge in [0.05, 0.1) is 16.8 Å². The smallest absolute Gasteiger partial charge is 0.258 e. The number of imidazole rings is 1. The summed E-state index contributed by atoms with van der Waals surface area (Å²) in [6, 6.07) is 13.4. The molecule has 0 fully saturated rings. The monoisotopic (exact) mass is 477 g/mol. The van der Waals surface area contributed by atoms with Crippen LogP contribution in [0.25, 0.3) is 5.69 Å². The molecule has 2 aromatic carbocycles. The van der Waals surface area contributed by atoms with Crippen molar-refractivity contribution in [3.8, 4) is 11.4 Å². The van der Waals surface area contributed by atoms with Gasteiger partial charge in [-0.05, 0) is 58.7 Å². The molecule has 0 saturated carbocycles. The number of nitrogens with zero attached hydrogens (tertiary/aromatic N) is 2. The van der Waals surface area contributed by atoms with Gasteiger partial charge < -0.3 is 14.6 Å². The van der Waals surface area contributed by atoms with Crippen LogP contribution < -0.4 is 10.1 Å². The summed E-state index contributed by atoms with van der Waals surface area (Å²) < 4.78 is 9.23. The Morgan fingerprint density at radius 1 is 1.23 bits per heavy atom. The topological polar surface area (TPSA) is 56.1 Å². The van der Waals surface area contributed by atoms with E-state index in [4.69, 9.17) is 4.74 Å². The van der Waals surface area contributed by atoms with Crippen molar-refractivity contribution in [2.24, 2.45) is 0 Å². The van der Waals surface area contributed by atoms with Crippen LogP contribution in [0.5, 0.6) is 5.75 Å². The molecule has 1 N–H and O–H groups in total. The van der Waals surface area contributed by atoms with E-state index in [0.717, 1.165) is 20.2 Å². The van der Waals surface area contributed by atoms with Crippen molar-refractivity contribution in [2.45, 2.75) is 13.0 Å². The van der Waals surface area contributed by atoms with Crippen LogP contribution in [-0.4, -0.2) is 22.1 Å². The minimum absolute atomic E-state index is 0.0440. The maximum Gasteiger partial charge on any atom is 0.258 e. The molecule has 0 aliphatic heterocycles. The van der Waals surface area contributed by atoms with Gasteiger partial charge in [-0.3, -0.25) is 4.79 Å². The lowest BCUT2D eigenvalue weighted by Crippen LogP contribution is -2.31. The molecule has 1 atom stereocenters. The Hall–Kier alpha value is -2.12. The molecule has 134 valence electrons. The van der Waals surface area contributed by atoms with Crippen LogP contribution in [0, 0.1) is 0 Å². The predicted molar refractivity (Wildman–Crippen MR) is 107 cm³/mol. The molecule has 3 rings (SSSR count). The van der Waals surface area contributed by atoms with E-state index in [1.54, 1.807) is 18.6 Å². The van der Waals surface area contributed by atoms with Crippen molar-refractivity contribution in [1.82, 2.24) is 14.9 Å². The number of benzene rings is 2. The van der Waals surface area contributed by atoms with E-state index in [1.807, 2.05) is 54.1 Å². The van der Waals surface area contributed by atoms with E-state index in [-0.39, 0.29) is 18.6 Å². The highest BCUT2D eigenvalue weighted by Crippen LogP contribution is 2.28. The van der Waals surface area contributed by atoms with Gasteiger partial charge in [-0.15, -0.1) is 0 Å². The van der Waals surface area contributed by atoms with Crippen molar-refractivity contribution in [1.29, 1.82) is 0 Å². The molecule has 26 heavy (non-hydrogen) atoms. The van der Waals surface area contributed by atoms with Gasteiger partial charge >= 0.3 is 0 Å². The number of aromatic nitrogens is 2. The third-order valence-corrected chi connectivity index (χ3v) is 4.94. The van der Waals surface area contributed by atoms with E-state index >= 15 is 0 Å². The van der Waals surface area contributed by atoms with Gasteiger partial charge in [0.25, 0.3) is 5.91 Å². The molecule has 0 bridgehead atoms. The molecule has 0 unspecified atom stereocenters. The standard InChI is InChI=1S/C19H17Br2N3O2/c1-13(14-2-5-16(6-3-14)24-9-8-22-12-24)23-19(25)11-26-18-7-4-15(20)10-17(18)21/h2-10,12-13H,11H2,1H3,(H,23,25)/t13-/m1/s1. The molecule has 7 heteroatoms. The quantitative estimate of drug-likeness (QED) is 0.560. The fourth-order valence-electron chi connectivity index (χ4n) is 2.45. The molecule has 0 spiro atoms. The Morgan fingerprint density at radius 3 is 2.65 bits per heavy atom. The van der Waals surface area contributed by atoms with Gasteiger partial charge in [-0.1, -0.05) is 28.1 Å². The third kappa shape index (κ3) is 4.74. The van der Waals surface area contributed by atoms with E-state index in [1.165, 1.54) is 0 Å². The van der Waals surface area contributed by atoms with Crippen LogP contribution >= 0.6 is 31.9 Å². The predicted octanol–water partition coefficient (Wildman–Crippen LogP) is 4.65. The number of carbonyl (C=O) groups excluding carboxylic acids is 1.